The number of hydrogen-bond donors (Lipinski definition) is 2. The maximum atomic E-state index is 13.1. The fourth-order valence-electron chi connectivity index (χ4n) is 3.97. The van der Waals surface area contributed by atoms with E-state index < -0.39 is 23.4 Å². The average molecular weight is 398 g/mol. The fourth-order valence-corrected chi connectivity index (χ4v) is 5.12. The number of nitrogens with zero attached hydrogens (tertiary/aromatic N) is 1. The summed E-state index contributed by atoms with van der Waals surface area (Å²) in [5, 5.41) is 3.60. The molecule has 1 saturated heterocycles. The van der Waals surface area contributed by atoms with Crippen LogP contribution in [0, 0.1) is 0 Å². The van der Waals surface area contributed by atoms with E-state index in [0.29, 0.717) is 16.9 Å². The molecular weight excluding hydrogens is 374 g/mol. The van der Waals surface area contributed by atoms with Gasteiger partial charge in [-0.3, -0.25) is 15.0 Å². The van der Waals surface area contributed by atoms with Gasteiger partial charge in [0.25, 0.3) is 11.8 Å². The van der Waals surface area contributed by atoms with Crippen LogP contribution in [-0.2, 0) is 23.2 Å². The summed E-state index contributed by atoms with van der Waals surface area (Å²) >= 11 is 1.46. The van der Waals surface area contributed by atoms with Crippen molar-refractivity contribution in [2.45, 2.75) is 51.0 Å². The van der Waals surface area contributed by atoms with E-state index in [0.717, 1.165) is 30.7 Å². The number of hydrazine groups is 1. The molecule has 1 aliphatic carbocycles. The number of urea groups is 1. The number of nitrogens with one attached hydrogen (secondary N) is 2. The molecule has 2 aromatic rings. The van der Waals surface area contributed by atoms with Gasteiger partial charge >= 0.3 is 6.03 Å². The molecule has 0 bridgehead atoms. The lowest BCUT2D eigenvalue weighted by Crippen LogP contribution is -2.48. The molecule has 1 aromatic carbocycles. The number of imide groups is 1. The first kappa shape index (κ1) is 18.7. The number of amides is 4. The average Bonchev–Trinajstić information content (AvgIpc) is 3.13. The van der Waals surface area contributed by atoms with Crippen LogP contribution in [0.15, 0.2) is 36.4 Å². The van der Waals surface area contributed by atoms with Crippen LogP contribution in [0.1, 0.15) is 58.3 Å². The van der Waals surface area contributed by atoms with E-state index in [2.05, 4.69) is 10.7 Å². The minimum atomic E-state index is -1.15. The van der Waals surface area contributed by atoms with Crippen molar-refractivity contribution in [1.29, 1.82) is 0 Å². The number of hydrogen-bond acceptors (Lipinski definition) is 4. The SMILES string of the molecule is CC[C@@]1(c2ccccc2)NC(=O)N(NC(=O)c2cc3c(s2)CCCCC3)C1=O. The Morgan fingerprint density at radius 3 is 2.68 bits per heavy atom. The number of thiophene rings is 1. The van der Waals surface area contributed by atoms with Gasteiger partial charge in [0.2, 0.25) is 0 Å². The molecular formula is C21H23N3O3S. The molecule has 0 saturated carbocycles. The number of aryl methyl sites for hydroxylation is 2. The number of fused-ring (bicyclic) bond motifs is 1. The van der Waals surface area contributed by atoms with Gasteiger partial charge in [0.15, 0.2) is 0 Å². The molecule has 146 valence electrons. The highest BCUT2D eigenvalue weighted by Gasteiger charge is 2.52. The summed E-state index contributed by atoms with van der Waals surface area (Å²) < 4.78 is 0. The van der Waals surface area contributed by atoms with Gasteiger partial charge in [-0.1, -0.05) is 43.7 Å². The van der Waals surface area contributed by atoms with E-state index in [1.807, 2.05) is 43.3 Å². The standard InChI is InChI=1S/C21H23N3O3S/c1-2-21(15-10-6-4-7-11-15)19(26)24(20(27)22-21)23-18(25)17-13-14-9-5-3-8-12-16(14)28-17/h4,6-7,10-11,13H,2-3,5,8-9,12H2,1H3,(H,22,27)(H,23,25)/t21-/m0/s1. The van der Waals surface area contributed by atoms with Crippen molar-refractivity contribution in [2.24, 2.45) is 0 Å². The van der Waals surface area contributed by atoms with Crippen molar-refractivity contribution >= 4 is 29.2 Å². The molecule has 0 spiro atoms. The maximum absolute atomic E-state index is 13.1. The molecule has 2 aliphatic rings. The zero-order valence-electron chi connectivity index (χ0n) is 15.8. The Balaban J connectivity index is 1.56. The predicted molar refractivity (Wildman–Crippen MR) is 107 cm³/mol. The van der Waals surface area contributed by atoms with Crippen LogP contribution in [0.4, 0.5) is 4.79 Å². The quantitative estimate of drug-likeness (QED) is 0.612. The molecule has 2 heterocycles. The lowest BCUT2D eigenvalue weighted by molar-refractivity contribution is -0.133. The second-order valence-electron chi connectivity index (χ2n) is 7.26. The van der Waals surface area contributed by atoms with Crippen molar-refractivity contribution in [3.63, 3.8) is 0 Å². The third kappa shape index (κ3) is 3.09. The Morgan fingerprint density at radius 2 is 1.93 bits per heavy atom. The van der Waals surface area contributed by atoms with Crippen LogP contribution in [0.2, 0.25) is 0 Å². The van der Waals surface area contributed by atoms with Crippen molar-refractivity contribution in [1.82, 2.24) is 15.8 Å². The van der Waals surface area contributed by atoms with E-state index in [1.165, 1.54) is 28.2 Å². The van der Waals surface area contributed by atoms with Gasteiger partial charge in [-0.2, -0.15) is 5.01 Å². The van der Waals surface area contributed by atoms with E-state index >= 15 is 0 Å². The minimum absolute atomic E-state index is 0.390. The van der Waals surface area contributed by atoms with Crippen LogP contribution in [0.3, 0.4) is 0 Å². The first-order valence-electron chi connectivity index (χ1n) is 9.70. The molecule has 1 aliphatic heterocycles. The Labute approximate surface area is 167 Å². The summed E-state index contributed by atoms with van der Waals surface area (Å²) in [6.07, 6.45) is 5.84. The third-order valence-electron chi connectivity index (χ3n) is 5.57. The van der Waals surface area contributed by atoms with E-state index in [-0.39, 0.29) is 0 Å². The molecule has 2 N–H and O–H groups in total. The summed E-state index contributed by atoms with van der Waals surface area (Å²) in [4.78, 5) is 40.2. The Hall–Kier alpha value is -2.67. The number of carbonyl (C=O) groups is 3. The lowest BCUT2D eigenvalue weighted by atomic mass is 9.87. The third-order valence-corrected chi connectivity index (χ3v) is 6.81. The minimum Gasteiger partial charge on any atom is -0.318 e. The number of rotatable bonds is 4. The molecule has 0 radical (unpaired) electrons. The van der Waals surface area contributed by atoms with Crippen LogP contribution >= 0.6 is 11.3 Å². The second-order valence-corrected chi connectivity index (χ2v) is 8.39. The Bertz CT molecular complexity index is 901. The largest absolute Gasteiger partial charge is 0.344 e. The smallest absolute Gasteiger partial charge is 0.318 e. The van der Waals surface area contributed by atoms with Crippen molar-refractivity contribution in [3.8, 4) is 0 Å². The predicted octanol–water partition coefficient (Wildman–Crippen LogP) is 3.52. The highest BCUT2D eigenvalue weighted by atomic mass is 32.1. The first-order valence-corrected chi connectivity index (χ1v) is 10.5. The fraction of sp³-hybridized carbons (Fsp3) is 0.381. The Kier molecular flexibility index (Phi) is 4.93. The van der Waals surface area contributed by atoms with Gasteiger partial charge in [-0.25, -0.2) is 4.79 Å². The number of carbonyl (C=O) groups excluding carboxylic acids is 3. The summed E-state index contributed by atoms with van der Waals surface area (Å²) in [6.45, 7) is 1.84. The van der Waals surface area contributed by atoms with Gasteiger partial charge < -0.3 is 5.32 Å². The molecule has 1 aromatic heterocycles. The summed E-state index contributed by atoms with van der Waals surface area (Å²) in [7, 11) is 0. The zero-order valence-corrected chi connectivity index (χ0v) is 16.6. The highest BCUT2D eigenvalue weighted by molar-refractivity contribution is 7.14. The molecule has 7 heteroatoms. The topological polar surface area (TPSA) is 78.5 Å². The highest BCUT2D eigenvalue weighted by Crippen LogP contribution is 2.32. The van der Waals surface area contributed by atoms with Crippen molar-refractivity contribution < 1.29 is 14.4 Å². The van der Waals surface area contributed by atoms with E-state index in [9.17, 15) is 14.4 Å². The maximum Gasteiger partial charge on any atom is 0.344 e. The normalized spacial score (nSPS) is 21.8. The van der Waals surface area contributed by atoms with Crippen molar-refractivity contribution in [2.75, 3.05) is 0 Å². The van der Waals surface area contributed by atoms with Crippen LogP contribution in [0.25, 0.3) is 0 Å². The molecule has 4 amide bonds. The van der Waals surface area contributed by atoms with E-state index in [1.54, 1.807) is 0 Å². The molecule has 1 atom stereocenters. The van der Waals surface area contributed by atoms with Gasteiger partial charge in [0, 0.05) is 4.88 Å². The van der Waals surface area contributed by atoms with E-state index in [4.69, 9.17) is 0 Å². The Morgan fingerprint density at radius 1 is 1.18 bits per heavy atom. The summed E-state index contributed by atoms with van der Waals surface area (Å²) in [5.74, 6) is -0.876. The zero-order chi connectivity index (χ0) is 19.7. The van der Waals surface area contributed by atoms with Gasteiger partial charge in [0.05, 0.1) is 4.88 Å². The molecule has 1 fully saturated rings. The van der Waals surface area contributed by atoms with Crippen molar-refractivity contribution in [3.05, 3.63) is 57.3 Å². The van der Waals surface area contributed by atoms with Gasteiger partial charge in [-0.15, -0.1) is 11.3 Å². The molecule has 0 unspecified atom stereocenters. The first-order chi connectivity index (χ1) is 13.5. The molecule has 4 rings (SSSR count). The van der Waals surface area contributed by atoms with Gasteiger partial charge in [-0.05, 0) is 49.3 Å². The van der Waals surface area contributed by atoms with Crippen LogP contribution in [-0.4, -0.2) is 22.9 Å². The summed E-state index contributed by atoms with van der Waals surface area (Å²) in [6, 6.07) is 10.4. The van der Waals surface area contributed by atoms with Gasteiger partial charge in [0.1, 0.15) is 5.54 Å². The molecule has 28 heavy (non-hydrogen) atoms. The van der Waals surface area contributed by atoms with Crippen LogP contribution in [0.5, 0.6) is 0 Å². The lowest BCUT2D eigenvalue weighted by Gasteiger charge is -2.25. The monoisotopic (exact) mass is 397 g/mol. The molecule has 6 nitrogen and oxygen atoms in total. The second kappa shape index (κ2) is 7.39. The summed E-state index contributed by atoms with van der Waals surface area (Å²) in [5.41, 5.74) is 3.29. The van der Waals surface area contributed by atoms with Crippen LogP contribution < -0.4 is 10.7 Å². The number of benzene rings is 1.